The Morgan fingerprint density at radius 3 is 2.32 bits per heavy atom. The average molecular weight is 464 g/mol. The van der Waals surface area contributed by atoms with E-state index in [0.717, 1.165) is 24.0 Å². The highest BCUT2D eigenvalue weighted by Gasteiger charge is 2.47. The smallest absolute Gasteiger partial charge is 0.295 e. The van der Waals surface area contributed by atoms with Gasteiger partial charge in [-0.25, -0.2) is 0 Å². The van der Waals surface area contributed by atoms with Gasteiger partial charge in [-0.1, -0.05) is 45.0 Å². The topological polar surface area (TPSA) is 76.1 Å². The number of hydrogen-bond donors (Lipinski definition) is 1. The first-order chi connectivity index (χ1) is 16.2. The molecule has 2 aromatic rings. The van der Waals surface area contributed by atoms with Crippen molar-refractivity contribution in [3.05, 3.63) is 70.8 Å². The number of benzene rings is 2. The lowest BCUT2D eigenvalue weighted by atomic mass is 9.85. The van der Waals surface area contributed by atoms with E-state index in [1.165, 1.54) is 0 Å². The standard InChI is InChI=1S/C28H33NO5/c1-5-33-21-14-10-19(11-15-21)25(30)23-24(18-8-12-20(13-9-18)28(2,3)4)29(27(32)26(23)31)17-22-7-6-16-34-22/h8-15,22,24,30H,5-7,16-17H2,1-4H3/b25-23+. The van der Waals surface area contributed by atoms with Crippen molar-refractivity contribution in [2.24, 2.45) is 0 Å². The van der Waals surface area contributed by atoms with Gasteiger partial charge in [0.25, 0.3) is 11.7 Å². The van der Waals surface area contributed by atoms with E-state index in [2.05, 4.69) is 20.8 Å². The van der Waals surface area contributed by atoms with E-state index in [4.69, 9.17) is 9.47 Å². The van der Waals surface area contributed by atoms with Gasteiger partial charge in [0.2, 0.25) is 0 Å². The van der Waals surface area contributed by atoms with Gasteiger partial charge in [0.05, 0.1) is 24.3 Å². The Kier molecular flexibility index (Phi) is 6.80. The molecule has 0 saturated carbocycles. The summed E-state index contributed by atoms with van der Waals surface area (Å²) < 4.78 is 11.2. The summed E-state index contributed by atoms with van der Waals surface area (Å²) in [5.41, 5.74) is 2.49. The fourth-order valence-electron chi connectivity index (χ4n) is 4.62. The second-order valence-electron chi connectivity index (χ2n) is 9.92. The van der Waals surface area contributed by atoms with E-state index in [9.17, 15) is 14.7 Å². The Bertz CT molecular complexity index is 1070. The Morgan fingerprint density at radius 1 is 1.09 bits per heavy atom. The fourth-order valence-corrected chi connectivity index (χ4v) is 4.62. The Balaban J connectivity index is 1.78. The molecule has 0 aromatic heterocycles. The molecule has 2 fully saturated rings. The summed E-state index contributed by atoms with van der Waals surface area (Å²) in [5, 5.41) is 11.2. The largest absolute Gasteiger partial charge is 0.507 e. The van der Waals surface area contributed by atoms with Gasteiger partial charge in [-0.3, -0.25) is 9.59 Å². The summed E-state index contributed by atoms with van der Waals surface area (Å²) >= 11 is 0. The predicted molar refractivity (Wildman–Crippen MR) is 131 cm³/mol. The van der Waals surface area contributed by atoms with Crippen LogP contribution in [0.25, 0.3) is 5.76 Å². The van der Waals surface area contributed by atoms with E-state index in [1.807, 2.05) is 31.2 Å². The van der Waals surface area contributed by atoms with Crippen molar-refractivity contribution in [3.8, 4) is 5.75 Å². The summed E-state index contributed by atoms with van der Waals surface area (Å²) in [5.74, 6) is -0.782. The molecule has 180 valence electrons. The number of ketones is 1. The monoisotopic (exact) mass is 463 g/mol. The molecular formula is C28H33NO5. The SMILES string of the molecule is CCOc1ccc(/C(O)=C2\C(=O)C(=O)N(CC3CCCO3)C2c2ccc(C(C)(C)C)cc2)cc1. The van der Waals surface area contributed by atoms with Crippen LogP contribution in [-0.2, 0) is 19.7 Å². The molecule has 6 nitrogen and oxygen atoms in total. The predicted octanol–water partition coefficient (Wildman–Crippen LogP) is 4.98. The molecule has 2 saturated heterocycles. The molecule has 2 aliphatic rings. The second kappa shape index (κ2) is 9.63. The zero-order valence-electron chi connectivity index (χ0n) is 20.3. The van der Waals surface area contributed by atoms with Crippen LogP contribution in [0.3, 0.4) is 0 Å². The Morgan fingerprint density at radius 2 is 1.76 bits per heavy atom. The van der Waals surface area contributed by atoms with Gasteiger partial charge >= 0.3 is 0 Å². The maximum absolute atomic E-state index is 13.2. The fraction of sp³-hybridized carbons (Fsp3) is 0.429. The quantitative estimate of drug-likeness (QED) is 0.371. The van der Waals surface area contributed by atoms with Crippen molar-refractivity contribution < 1.29 is 24.2 Å². The normalized spacial score (nSPS) is 22.4. The number of amides is 1. The van der Waals surface area contributed by atoms with E-state index >= 15 is 0 Å². The third-order valence-electron chi connectivity index (χ3n) is 6.50. The molecule has 1 N–H and O–H groups in total. The molecule has 0 aliphatic carbocycles. The number of likely N-dealkylation sites (tertiary alicyclic amines) is 1. The molecule has 1 amide bonds. The van der Waals surface area contributed by atoms with Crippen molar-refractivity contribution in [2.75, 3.05) is 19.8 Å². The minimum Gasteiger partial charge on any atom is -0.507 e. The zero-order chi connectivity index (χ0) is 24.5. The van der Waals surface area contributed by atoms with Crippen molar-refractivity contribution >= 4 is 17.4 Å². The van der Waals surface area contributed by atoms with E-state index in [1.54, 1.807) is 29.2 Å². The molecule has 0 bridgehead atoms. The number of carbonyl (C=O) groups is 2. The lowest BCUT2D eigenvalue weighted by molar-refractivity contribution is -0.140. The number of hydrogen-bond acceptors (Lipinski definition) is 5. The molecule has 4 rings (SSSR count). The number of rotatable bonds is 6. The van der Waals surface area contributed by atoms with Crippen LogP contribution in [0, 0.1) is 0 Å². The van der Waals surface area contributed by atoms with Crippen molar-refractivity contribution in [1.82, 2.24) is 4.90 Å². The molecule has 2 aliphatic heterocycles. The third kappa shape index (κ3) is 4.73. The lowest BCUT2D eigenvalue weighted by Gasteiger charge is -2.28. The minimum atomic E-state index is -0.676. The van der Waals surface area contributed by atoms with E-state index in [-0.39, 0.29) is 22.9 Å². The first-order valence-corrected chi connectivity index (χ1v) is 11.9. The second-order valence-corrected chi connectivity index (χ2v) is 9.92. The van der Waals surface area contributed by atoms with Crippen molar-refractivity contribution in [2.45, 2.75) is 58.1 Å². The summed E-state index contributed by atoms with van der Waals surface area (Å²) in [4.78, 5) is 27.9. The van der Waals surface area contributed by atoms with Gasteiger partial charge in [-0.15, -0.1) is 0 Å². The van der Waals surface area contributed by atoms with Gasteiger partial charge in [0.15, 0.2) is 0 Å². The number of nitrogens with zero attached hydrogens (tertiary/aromatic N) is 1. The average Bonchev–Trinajstić information content (AvgIpc) is 3.41. The van der Waals surface area contributed by atoms with Crippen LogP contribution in [-0.4, -0.2) is 47.6 Å². The van der Waals surface area contributed by atoms with Gasteiger partial charge < -0.3 is 19.5 Å². The molecule has 0 spiro atoms. The maximum atomic E-state index is 13.2. The number of aliphatic hydroxyl groups is 1. The summed E-state index contributed by atoms with van der Waals surface area (Å²) in [6.45, 7) is 9.81. The highest BCUT2D eigenvalue weighted by molar-refractivity contribution is 6.46. The zero-order valence-corrected chi connectivity index (χ0v) is 20.3. The molecule has 6 heteroatoms. The molecule has 0 radical (unpaired) electrons. The molecule has 2 unspecified atom stereocenters. The molecular weight excluding hydrogens is 430 g/mol. The van der Waals surface area contributed by atoms with Crippen LogP contribution in [0.4, 0.5) is 0 Å². The van der Waals surface area contributed by atoms with Gasteiger partial charge in [-0.2, -0.15) is 0 Å². The lowest BCUT2D eigenvalue weighted by Crippen LogP contribution is -2.36. The molecule has 34 heavy (non-hydrogen) atoms. The van der Waals surface area contributed by atoms with E-state index < -0.39 is 17.7 Å². The summed E-state index contributed by atoms with van der Waals surface area (Å²) in [6, 6.07) is 14.2. The van der Waals surface area contributed by atoms with Crippen LogP contribution < -0.4 is 4.74 Å². The van der Waals surface area contributed by atoms with Gasteiger partial charge in [0, 0.05) is 18.7 Å². The molecule has 2 atom stereocenters. The van der Waals surface area contributed by atoms with Crippen LogP contribution in [0.2, 0.25) is 0 Å². The van der Waals surface area contributed by atoms with Gasteiger partial charge in [0.1, 0.15) is 11.5 Å². The first-order valence-electron chi connectivity index (χ1n) is 11.9. The first kappa shape index (κ1) is 24.0. The molecule has 2 aromatic carbocycles. The highest BCUT2D eigenvalue weighted by Crippen LogP contribution is 2.40. The summed E-state index contributed by atoms with van der Waals surface area (Å²) in [7, 11) is 0. The third-order valence-corrected chi connectivity index (χ3v) is 6.50. The van der Waals surface area contributed by atoms with Gasteiger partial charge in [-0.05, 0) is 60.6 Å². The number of ether oxygens (including phenoxy) is 2. The van der Waals surface area contributed by atoms with Crippen molar-refractivity contribution in [3.63, 3.8) is 0 Å². The maximum Gasteiger partial charge on any atom is 0.295 e. The minimum absolute atomic E-state index is 0.0274. The highest BCUT2D eigenvalue weighted by atomic mass is 16.5. The van der Waals surface area contributed by atoms with Crippen LogP contribution in [0.15, 0.2) is 54.1 Å². The number of Topliss-reactive ketones (excluding diaryl/α,β-unsaturated/α-hetero) is 1. The van der Waals surface area contributed by atoms with Crippen LogP contribution >= 0.6 is 0 Å². The van der Waals surface area contributed by atoms with Crippen LogP contribution in [0.5, 0.6) is 5.75 Å². The van der Waals surface area contributed by atoms with Crippen molar-refractivity contribution in [1.29, 1.82) is 0 Å². The molecule has 2 heterocycles. The Labute approximate surface area is 201 Å². The summed E-state index contributed by atoms with van der Waals surface area (Å²) in [6.07, 6.45) is 1.67. The van der Waals surface area contributed by atoms with Crippen LogP contribution in [0.1, 0.15) is 63.3 Å². The number of carbonyl (C=O) groups excluding carboxylic acids is 2. The van der Waals surface area contributed by atoms with E-state index in [0.29, 0.717) is 31.1 Å². The number of aliphatic hydroxyl groups excluding tert-OH is 1. The Hall–Kier alpha value is -3.12.